The molecule has 3 aromatic rings. The lowest BCUT2D eigenvalue weighted by Gasteiger charge is -2.26. The van der Waals surface area contributed by atoms with Gasteiger partial charge in [-0.25, -0.2) is 9.97 Å². The summed E-state index contributed by atoms with van der Waals surface area (Å²) in [6.45, 7) is 5.28. The molecule has 0 saturated carbocycles. The molecule has 0 spiro atoms. The standard InChI is InChI=1S/C22H26N4O3/c1-27-17-5-3-16(4-6-17)21-24-20-8-7-18(28-2)15-19(20)22(25-21)23-9-10-26-11-13-29-14-12-26/h3-8,15H,9-14H2,1-2H3,(H,23,24,25). The highest BCUT2D eigenvalue weighted by Gasteiger charge is 2.13. The molecule has 1 fully saturated rings. The summed E-state index contributed by atoms with van der Waals surface area (Å²) < 4.78 is 16.1. The Morgan fingerprint density at radius 2 is 1.69 bits per heavy atom. The number of fused-ring (bicyclic) bond motifs is 1. The molecule has 29 heavy (non-hydrogen) atoms. The van der Waals surface area contributed by atoms with Crippen LogP contribution >= 0.6 is 0 Å². The molecule has 1 aromatic heterocycles. The molecule has 0 aliphatic carbocycles. The third kappa shape index (κ3) is 4.58. The lowest BCUT2D eigenvalue weighted by molar-refractivity contribution is 0.0398. The van der Waals surface area contributed by atoms with Crippen molar-refractivity contribution < 1.29 is 14.2 Å². The van der Waals surface area contributed by atoms with Crippen LogP contribution in [0.15, 0.2) is 42.5 Å². The summed E-state index contributed by atoms with van der Waals surface area (Å²) in [5.41, 5.74) is 1.82. The van der Waals surface area contributed by atoms with Crippen molar-refractivity contribution in [2.24, 2.45) is 0 Å². The first-order valence-electron chi connectivity index (χ1n) is 9.81. The molecule has 1 aliphatic rings. The molecule has 1 saturated heterocycles. The zero-order chi connectivity index (χ0) is 20.1. The Morgan fingerprint density at radius 3 is 2.41 bits per heavy atom. The number of methoxy groups -OCH3 is 2. The number of hydrogen-bond acceptors (Lipinski definition) is 7. The second-order valence-corrected chi connectivity index (χ2v) is 6.89. The van der Waals surface area contributed by atoms with E-state index in [2.05, 4.69) is 10.2 Å². The minimum atomic E-state index is 0.680. The SMILES string of the molecule is COc1ccc(-c2nc(NCCN3CCOCC3)c3cc(OC)ccc3n2)cc1. The second-order valence-electron chi connectivity index (χ2n) is 6.89. The normalized spacial score (nSPS) is 14.7. The van der Waals surface area contributed by atoms with E-state index in [0.29, 0.717) is 5.82 Å². The molecule has 2 heterocycles. The smallest absolute Gasteiger partial charge is 0.162 e. The van der Waals surface area contributed by atoms with Gasteiger partial charge in [0.2, 0.25) is 0 Å². The van der Waals surface area contributed by atoms with Gasteiger partial charge in [0, 0.05) is 37.1 Å². The quantitative estimate of drug-likeness (QED) is 0.660. The summed E-state index contributed by atoms with van der Waals surface area (Å²) in [6.07, 6.45) is 0. The van der Waals surface area contributed by atoms with Crippen molar-refractivity contribution in [1.82, 2.24) is 14.9 Å². The minimum absolute atomic E-state index is 0.680. The average molecular weight is 394 g/mol. The van der Waals surface area contributed by atoms with Crippen molar-refractivity contribution in [2.45, 2.75) is 0 Å². The third-order valence-electron chi connectivity index (χ3n) is 5.08. The number of aromatic nitrogens is 2. The third-order valence-corrected chi connectivity index (χ3v) is 5.08. The van der Waals surface area contributed by atoms with E-state index in [9.17, 15) is 0 Å². The number of nitrogens with one attached hydrogen (secondary N) is 1. The predicted molar refractivity (Wildman–Crippen MR) is 114 cm³/mol. The van der Waals surface area contributed by atoms with Crippen LogP contribution in [0.2, 0.25) is 0 Å². The summed E-state index contributed by atoms with van der Waals surface area (Å²) in [5, 5.41) is 4.45. The summed E-state index contributed by atoms with van der Waals surface area (Å²) in [7, 11) is 3.32. The fourth-order valence-corrected chi connectivity index (χ4v) is 3.40. The highest BCUT2D eigenvalue weighted by molar-refractivity contribution is 5.91. The van der Waals surface area contributed by atoms with Crippen LogP contribution < -0.4 is 14.8 Å². The molecule has 0 amide bonds. The number of morpholine rings is 1. The average Bonchev–Trinajstić information content (AvgIpc) is 2.79. The topological polar surface area (TPSA) is 68.7 Å². The molecule has 0 bridgehead atoms. The molecule has 0 atom stereocenters. The first kappa shape index (κ1) is 19.4. The number of ether oxygens (including phenoxy) is 3. The first-order valence-corrected chi connectivity index (χ1v) is 9.81. The van der Waals surface area contributed by atoms with Gasteiger partial charge in [-0.3, -0.25) is 4.90 Å². The summed E-state index contributed by atoms with van der Waals surface area (Å²) in [5.74, 6) is 3.09. The maximum absolute atomic E-state index is 5.42. The highest BCUT2D eigenvalue weighted by atomic mass is 16.5. The van der Waals surface area contributed by atoms with Crippen LogP contribution in [0, 0.1) is 0 Å². The molecule has 2 aromatic carbocycles. The summed E-state index contributed by atoms with van der Waals surface area (Å²) in [4.78, 5) is 12.0. The van der Waals surface area contributed by atoms with Gasteiger partial charge >= 0.3 is 0 Å². The molecule has 0 radical (unpaired) electrons. The highest BCUT2D eigenvalue weighted by Crippen LogP contribution is 2.28. The number of nitrogens with zero attached hydrogens (tertiary/aromatic N) is 3. The number of rotatable bonds is 7. The van der Waals surface area contributed by atoms with Crippen LogP contribution in [0.1, 0.15) is 0 Å². The lowest BCUT2D eigenvalue weighted by Crippen LogP contribution is -2.39. The Hall–Kier alpha value is -2.90. The zero-order valence-corrected chi connectivity index (χ0v) is 16.9. The van der Waals surface area contributed by atoms with Crippen molar-refractivity contribution in [3.8, 4) is 22.9 Å². The Morgan fingerprint density at radius 1 is 0.966 bits per heavy atom. The van der Waals surface area contributed by atoms with E-state index in [-0.39, 0.29) is 0 Å². The van der Waals surface area contributed by atoms with Gasteiger partial charge in [-0.1, -0.05) is 0 Å². The Balaban J connectivity index is 1.62. The molecule has 152 valence electrons. The first-order chi connectivity index (χ1) is 14.3. The van der Waals surface area contributed by atoms with E-state index in [4.69, 9.17) is 24.2 Å². The summed E-state index contributed by atoms with van der Waals surface area (Å²) >= 11 is 0. The number of benzene rings is 2. The van der Waals surface area contributed by atoms with Gasteiger partial charge < -0.3 is 19.5 Å². The molecule has 7 nitrogen and oxygen atoms in total. The fraction of sp³-hybridized carbons (Fsp3) is 0.364. The van der Waals surface area contributed by atoms with Gasteiger partial charge in [-0.2, -0.15) is 0 Å². The van der Waals surface area contributed by atoms with Gasteiger partial charge in [-0.05, 0) is 42.5 Å². The van der Waals surface area contributed by atoms with Crippen LogP contribution in [0.5, 0.6) is 11.5 Å². The largest absolute Gasteiger partial charge is 0.497 e. The van der Waals surface area contributed by atoms with Crippen molar-refractivity contribution in [2.75, 3.05) is 58.9 Å². The van der Waals surface area contributed by atoms with Crippen molar-refractivity contribution in [3.05, 3.63) is 42.5 Å². The fourth-order valence-electron chi connectivity index (χ4n) is 3.40. The molecule has 4 rings (SSSR count). The van der Waals surface area contributed by atoms with Gasteiger partial charge in [0.1, 0.15) is 17.3 Å². The van der Waals surface area contributed by atoms with Gasteiger partial charge in [0.25, 0.3) is 0 Å². The van der Waals surface area contributed by atoms with E-state index in [0.717, 1.165) is 73.2 Å². The Kier molecular flexibility index (Phi) is 6.07. The maximum atomic E-state index is 5.42. The second kappa shape index (κ2) is 9.07. The number of hydrogen-bond donors (Lipinski definition) is 1. The summed E-state index contributed by atoms with van der Waals surface area (Å²) in [6, 6.07) is 13.7. The van der Waals surface area contributed by atoms with Gasteiger partial charge in [0.05, 0.1) is 33.0 Å². The Bertz CT molecular complexity index is 956. The van der Waals surface area contributed by atoms with E-state index in [1.165, 1.54) is 0 Å². The predicted octanol–water partition coefficient (Wildman–Crippen LogP) is 3.06. The van der Waals surface area contributed by atoms with Gasteiger partial charge in [-0.15, -0.1) is 0 Å². The van der Waals surface area contributed by atoms with E-state index in [1.807, 2.05) is 42.5 Å². The molecule has 1 aliphatic heterocycles. The van der Waals surface area contributed by atoms with E-state index in [1.54, 1.807) is 14.2 Å². The number of anilines is 1. The van der Waals surface area contributed by atoms with Crippen LogP contribution in [0.4, 0.5) is 5.82 Å². The van der Waals surface area contributed by atoms with Gasteiger partial charge in [0.15, 0.2) is 5.82 Å². The van der Waals surface area contributed by atoms with Crippen molar-refractivity contribution in [3.63, 3.8) is 0 Å². The maximum Gasteiger partial charge on any atom is 0.162 e. The molecular formula is C22H26N4O3. The Labute approximate surface area is 170 Å². The molecule has 7 heteroatoms. The van der Waals surface area contributed by atoms with Crippen LogP contribution in [-0.2, 0) is 4.74 Å². The zero-order valence-electron chi connectivity index (χ0n) is 16.9. The van der Waals surface area contributed by atoms with Crippen LogP contribution in [0.3, 0.4) is 0 Å². The van der Waals surface area contributed by atoms with Crippen LogP contribution in [-0.4, -0.2) is 68.5 Å². The lowest BCUT2D eigenvalue weighted by atomic mass is 10.1. The molecule has 1 N–H and O–H groups in total. The molecule has 0 unspecified atom stereocenters. The van der Waals surface area contributed by atoms with Crippen molar-refractivity contribution in [1.29, 1.82) is 0 Å². The van der Waals surface area contributed by atoms with Crippen LogP contribution in [0.25, 0.3) is 22.3 Å². The van der Waals surface area contributed by atoms with Crippen molar-refractivity contribution >= 4 is 16.7 Å². The minimum Gasteiger partial charge on any atom is -0.497 e. The molecular weight excluding hydrogens is 368 g/mol. The van der Waals surface area contributed by atoms with E-state index >= 15 is 0 Å². The monoisotopic (exact) mass is 394 g/mol. The van der Waals surface area contributed by atoms with E-state index < -0.39 is 0 Å².